The van der Waals surface area contributed by atoms with Crippen LogP contribution in [0.15, 0.2) is 55.0 Å². The highest BCUT2D eigenvalue weighted by Gasteiger charge is 2.31. The molecule has 1 aromatic carbocycles. The van der Waals surface area contributed by atoms with Crippen LogP contribution in [0.2, 0.25) is 0 Å². The molecule has 1 aliphatic rings. The summed E-state index contributed by atoms with van der Waals surface area (Å²) in [5.74, 6) is 0.298. The maximum atomic E-state index is 10.4. The molecular formula is C19H21N3O. The summed E-state index contributed by atoms with van der Waals surface area (Å²) < 4.78 is 0. The van der Waals surface area contributed by atoms with Crippen LogP contribution in [0.1, 0.15) is 11.1 Å². The Morgan fingerprint density at radius 1 is 1.09 bits per heavy atom. The Balaban J connectivity index is 1.42. The van der Waals surface area contributed by atoms with Crippen molar-refractivity contribution in [3.63, 3.8) is 0 Å². The van der Waals surface area contributed by atoms with Gasteiger partial charge < -0.3 is 10.1 Å². The molecule has 0 unspecified atom stereocenters. The summed E-state index contributed by atoms with van der Waals surface area (Å²) in [6, 6.07) is 12.7. The minimum atomic E-state index is -0.252. The summed E-state index contributed by atoms with van der Waals surface area (Å²) in [5, 5.41) is 11.6. The highest BCUT2D eigenvalue weighted by Crippen LogP contribution is 2.24. The summed E-state index contributed by atoms with van der Waals surface area (Å²) >= 11 is 0. The number of rotatable bonds is 4. The lowest BCUT2D eigenvalue weighted by atomic mass is 9.97. The van der Waals surface area contributed by atoms with Crippen LogP contribution in [0.3, 0.4) is 0 Å². The van der Waals surface area contributed by atoms with Gasteiger partial charge in [-0.05, 0) is 47.2 Å². The quantitative estimate of drug-likeness (QED) is 0.779. The Morgan fingerprint density at radius 3 is 2.83 bits per heavy atom. The van der Waals surface area contributed by atoms with E-state index >= 15 is 0 Å². The molecule has 0 aliphatic carbocycles. The SMILES string of the molecule is O[C@@H]1CN(Cc2ccc3cc[nH]c3c2)C[C@H]1Cc1ccncc1. The van der Waals surface area contributed by atoms with E-state index in [0.29, 0.717) is 5.92 Å². The summed E-state index contributed by atoms with van der Waals surface area (Å²) in [5.41, 5.74) is 3.71. The normalized spacial score (nSPS) is 22.0. The Morgan fingerprint density at radius 2 is 1.96 bits per heavy atom. The third-order valence-corrected chi connectivity index (χ3v) is 4.75. The highest BCUT2D eigenvalue weighted by molar-refractivity contribution is 5.79. The van der Waals surface area contributed by atoms with Crippen molar-refractivity contribution in [1.82, 2.24) is 14.9 Å². The third kappa shape index (κ3) is 3.14. The third-order valence-electron chi connectivity index (χ3n) is 4.75. The monoisotopic (exact) mass is 307 g/mol. The molecule has 4 heteroatoms. The van der Waals surface area contributed by atoms with Crippen molar-refractivity contribution in [3.05, 3.63) is 66.1 Å². The first-order valence-electron chi connectivity index (χ1n) is 8.13. The molecule has 1 saturated heterocycles. The fraction of sp³-hybridized carbons (Fsp3) is 0.316. The van der Waals surface area contributed by atoms with E-state index < -0.39 is 0 Å². The van der Waals surface area contributed by atoms with Crippen molar-refractivity contribution in [2.75, 3.05) is 13.1 Å². The maximum Gasteiger partial charge on any atom is 0.0710 e. The number of hydrogen-bond acceptors (Lipinski definition) is 3. The Labute approximate surface area is 135 Å². The second-order valence-corrected chi connectivity index (χ2v) is 6.48. The van der Waals surface area contributed by atoms with E-state index in [1.54, 1.807) is 0 Å². The number of H-pyrrole nitrogens is 1. The van der Waals surface area contributed by atoms with Crippen molar-refractivity contribution in [3.8, 4) is 0 Å². The van der Waals surface area contributed by atoms with Gasteiger partial charge in [0.05, 0.1) is 6.10 Å². The van der Waals surface area contributed by atoms with Crippen molar-refractivity contribution >= 4 is 10.9 Å². The first-order valence-corrected chi connectivity index (χ1v) is 8.13. The predicted octanol–water partition coefficient (Wildman–Crippen LogP) is 2.60. The van der Waals surface area contributed by atoms with E-state index in [-0.39, 0.29) is 6.10 Å². The standard InChI is InChI=1S/C19H21N3O/c23-19-13-22(12-17(19)9-14-3-6-20-7-4-14)11-15-1-2-16-5-8-21-18(16)10-15/h1-8,10,17,19,21,23H,9,11-13H2/t17-,19-/m1/s1. The number of aromatic nitrogens is 2. The van der Waals surface area contributed by atoms with Gasteiger partial charge in [0.25, 0.3) is 0 Å². The number of aromatic amines is 1. The number of β-amino-alcohol motifs (C(OH)–C–C–N with tert-alkyl or cyclic N) is 1. The molecule has 4 nitrogen and oxygen atoms in total. The number of hydrogen-bond donors (Lipinski definition) is 2. The second kappa shape index (κ2) is 6.14. The fourth-order valence-corrected chi connectivity index (χ4v) is 3.54. The summed E-state index contributed by atoms with van der Waals surface area (Å²) in [7, 11) is 0. The maximum absolute atomic E-state index is 10.4. The molecule has 2 N–H and O–H groups in total. The van der Waals surface area contributed by atoms with Crippen LogP contribution in [0.25, 0.3) is 10.9 Å². The van der Waals surface area contributed by atoms with Crippen molar-refractivity contribution in [2.45, 2.75) is 19.1 Å². The van der Waals surface area contributed by atoms with E-state index in [0.717, 1.165) is 26.1 Å². The first-order chi connectivity index (χ1) is 11.3. The fourth-order valence-electron chi connectivity index (χ4n) is 3.54. The average molecular weight is 307 g/mol. The molecule has 2 atom stereocenters. The lowest BCUT2D eigenvalue weighted by molar-refractivity contribution is 0.141. The van der Waals surface area contributed by atoms with E-state index in [2.05, 4.69) is 39.1 Å². The summed E-state index contributed by atoms with van der Waals surface area (Å²) in [4.78, 5) is 9.66. The zero-order valence-electron chi connectivity index (χ0n) is 13.0. The zero-order valence-corrected chi connectivity index (χ0v) is 13.0. The van der Waals surface area contributed by atoms with Gasteiger partial charge in [0.1, 0.15) is 0 Å². The van der Waals surface area contributed by atoms with Gasteiger partial charge in [-0.25, -0.2) is 0 Å². The second-order valence-electron chi connectivity index (χ2n) is 6.48. The van der Waals surface area contributed by atoms with Crippen LogP contribution < -0.4 is 0 Å². The number of pyridine rings is 1. The minimum absolute atomic E-state index is 0.252. The van der Waals surface area contributed by atoms with Gasteiger partial charge in [-0.2, -0.15) is 0 Å². The van der Waals surface area contributed by atoms with Crippen LogP contribution in [0.5, 0.6) is 0 Å². The van der Waals surface area contributed by atoms with E-state index in [1.165, 1.54) is 22.0 Å². The van der Waals surface area contributed by atoms with Crippen LogP contribution in [-0.4, -0.2) is 39.2 Å². The molecule has 1 fully saturated rings. The Bertz CT molecular complexity index is 783. The molecule has 23 heavy (non-hydrogen) atoms. The number of benzene rings is 1. The molecule has 3 aromatic rings. The average Bonchev–Trinajstić information content (AvgIpc) is 3.15. The minimum Gasteiger partial charge on any atom is -0.391 e. The van der Waals surface area contributed by atoms with Crippen LogP contribution >= 0.6 is 0 Å². The van der Waals surface area contributed by atoms with Gasteiger partial charge in [-0.3, -0.25) is 9.88 Å². The molecule has 3 heterocycles. The zero-order chi connectivity index (χ0) is 15.6. The van der Waals surface area contributed by atoms with Gasteiger partial charge in [0, 0.05) is 49.7 Å². The topological polar surface area (TPSA) is 52.1 Å². The van der Waals surface area contributed by atoms with Crippen LogP contribution in [0, 0.1) is 5.92 Å². The van der Waals surface area contributed by atoms with Gasteiger partial charge in [-0.15, -0.1) is 0 Å². The van der Waals surface area contributed by atoms with Gasteiger partial charge in [0.2, 0.25) is 0 Å². The Hall–Kier alpha value is -2.17. The molecule has 4 rings (SSSR count). The van der Waals surface area contributed by atoms with E-state index in [1.807, 2.05) is 30.7 Å². The molecule has 0 amide bonds. The van der Waals surface area contributed by atoms with Crippen molar-refractivity contribution < 1.29 is 5.11 Å². The number of likely N-dealkylation sites (tertiary alicyclic amines) is 1. The molecule has 118 valence electrons. The smallest absolute Gasteiger partial charge is 0.0710 e. The number of nitrogens with zero attached hydrogens (tertiary/aromatic N) is 2. The van der Waals surface area contributed by atoms with Crippen LogP contribution in [-0.2, 0) is 13.0 Å². The number of aliphatic hydroxyl groups excluding tert-OH is 1. The van der Waals surface area contributed by atoms with Crippen molar-refractivity contribution in [1.29, 1.82) is 0 Å². The molecule has 2 aromatic heterocycles. The molecule has 0 saturated carbocycles. The molecule has 1 aliphatic heterocycles. The highest BCUT2D eigenvalue weighted by atomic mass is 16.3. The molecule has 0 radical (unpaired) electrons. The van der Waals surface area contributed by atoms with Crippen LogP contribution in [0.4, 0.5) is 0 Å². The molecule has 0 bridgehead atoms. The van der Waals surface area contributed by atoms with E-state index in [9.17, 15) is 5.11 Å². The summed E-state index contributed by atoms with van der Waals surface area (Å²) in [6.45, 7) is 2.57. The molecular weight excluding hydrogens is 286 g/mol. The van der Waals surface area contributed by atoms with Gasteiger partial charge >= 0.3 is 0 Å². The number of nitrogens with one attached hydrogen (secondary N) is 1. The van der Waals surface area contributed by atoms with Gasteiger partial charge in [-0.1, -0.05) is 12.1 Å². The number of fused-ring (bicyclic) bond motifs is 1. The van der Waals surface area contributed by atoms with E-state index in [4.69, 9.17) is 0 Å². The summed E-state index contributed by atoms with van der Waals surface area (Å²) in [6.07, 6.45) is 6.27. The van der Waals surface area contributed by atoms with Crippen molar-refractivity contribution in [2.24, 2.45) is 5.92 Å². The largest absolute Gasteiger partial charge is 0.391 e. The predicted molar refractivity (Wildman–Crippen MR) is 91.0 cm³/mol. The first kappa shape index (κ1) is 14.4. The molecule has 0 spiro atoms. The lowest BCUT2D eigenvalue weighted by Crippen LogP contribution is -2.21. The lowest BCUT2D eigenvalue weighted by Gasteiger charge is -2.16. The Kier molecular flexibility index (Phi) is 3.85. The van der Waals surface area contributed by atoms with Gasteiger partial charge in [0.15, 0.2) is 0 Å². The number of aliphatic hydroxyl groups is 1.